The topological polar surface area (TPSA) is 67.9 Å². The minimum Gasteiger partial charge on any atom is -0.444 e. The molecule has 5 heteroatoms. The van der Waals surface area contributed by atoms with E-state index < -0.39 is 12.1 Å². The summed E-state index contributed by atoms with van der Waals surface area (Å²) in [5.41, 5.74) is 2.72. The molecule has 0 aromatic carbocycles. The minimum absolute atomic E-state index is 0.526. The molecule has 0 aliphatic heterocycles. The summed E-state index contributed by atoms with van der Waals surface area (Å²) in [6, 6.07) is 1.83. The standard InChI is InChI=1S/C12H15N3O2/c1-8(7-13)17-12(16)6-5-11-9(2)14-15(4)10(11)3/h5-6,8H,1-4H3/b6-5+/t8-/m1/s1. The van der Waals surface area contributed by atoms with E-state index in [1.54, 1.807) is 10.8 Å². The molecule has 0 bridgehead atoms. The van der Waals surface area contributed by atoms with E-state index in [0.29, 0.717) is 0 Å². The Morgan fingerprint density at radius 1 is 1.59 bits per heavy atom. The zero-order valence-electron chi connectivity index (χ0n) is 10.4. The predicted molar refractivity (Wildman–Crippen MR) is 62.9 cm³/mol. The number of rotatable bonds is 3. The molecular weight excluding hydrogens is 218 g/mol. The van der Waals surface area contributed by atoms with Crippen molar-refractivity contribution in [1.29, 1.82) is 5.26 Å². The van der Waals surface area contributed by atoms with Crippen molar-refractivity contribution in [3.8, 4) is 6.07 Å². The lowest BCUT2D eigenvalue weighted by molar-refractivity contribution is -0.139. The van der Waals surface area contributed by atoms with Gasteiger partial charge in [-0.3, -0.25) is 4.68 Å². The zero-order chi connectivity index (χ0) is 13.0. The first kappa shape index (κ1) is 13.0. The Bertz CT molecular complexity index is 495. The van der Waals surface area contributed by atoms with Gasteiger partial charge in [-0.25, -0.2) is 4.79 Å². The van der Waals surface area contributed by atoms with Crippen molar-refractivity contribution in [2.75, 3.05) is 0 Å². The molecule has 0 amide bonds. The quantitative estimate of drug-likeness (QED) is 0.586. The van der Waals surface area contributed by atoms with Crippen molar-refractivity contribution in [1.82, 2.24) is 9.78 Å². The van der Waals surface area contributed by atoms with Crippen LogP contribution in [0.4, 0.5) is 0 Å². The SMILES string of the molecule is Cc1nn(C)c(C)c1/C=C/C(=O)O[C@H](C)C#N. The first-order chi connectivity index (χ1) is 7.95. The summed E-state index contributed by atoms with van der Waals surface area (Å²) in [5, 5.41) is 12.7. The number of hydrogen-bond donors (Lipinski definition) is 0. The third-order valence-corrected chi connectivity index (χ3v) is 2.43. The van der Waals surface area contributed by atoms with Crippen LogP contribution in [0.25, 0.3) is 6.08 Å². The molecule has 1 heterocycles. The number of hydrogen-bond acceptors (Lipinski definition) is 4. The smallest absolute Gasteiger partial charge is 0.332 e. The van der Waals surface area contributed by atoms with Gasteiger partial charge in [0.1, 0.15) is 6.07 Å². The monoisotopic (exact) mass is 233 g/mol. The van der Waals surface area contributed by atoms with Crippen LogP contribution in [-0.2, 0) is 16.6 Å². The lowest BCUT2D eigenvalue weighted by Crippen LogP contribution is -2.10. The maximum atomic E-state index is 11.3. The molecule has 1 rings (SSSR count). The Balaban J connectivity index is 2.78. The Labute approximate surface area is 100 Å². The molecule has 0 spiro atoms. The van der Waals surface area contributed by atoms with Crippen LogP contribution in [0.2, 0.25) is 0 Å². The van der Waals surface area contributed by atoms with Gasteiger partial charge in [-0.1, -0.05) is 0 Å². The molecular formula is C12H15N3O2. The molecule has 0 aliphatic carbocycles. The number of esters is 1. The first-order valence-corrected chi connectivity index (χ1v) is 5.24. The lowest BCUT2D eigenvalue weighted by atomic mass is 10.2. The van der Waals surface area contributed by atoms with Crippen LogP contribution >= 0.6 is 0 Å². The van der Waals surface area contributed by atoms with E-state index in [0.717, 1.165) is 17.0 Å². The van der Waals surface area contributed by atoms with Crippen molar-refractivity contribution >= 4 is 12.0 Å². The second-order valence-electron chi connectivity index (χ2n) is 3.75. The van der Waals surface area contributed by atoms with Crippen LogP contribution < -0.4 is 0 Å². The van der Waals surface area contributed by atoms with Crippen LogP contribution in [0.15, 0.2) is 6.08 Å². The minimum atomic E-state index is -0.733. The number of nitrogens with zero attached hydrogens (tertiary/aromatic N) is 3. The first-order valence-electron chi connectivity index (χ1n) is 5.24. The zero-order valence-corrected chi connectivity index (χ0v) is 10.4. The molecule has 0 radical (unpaired) electrons. The van der Waals surface area contributed by atoms with Gasteiger partial charge < -0.3 is 4.74 Å². The molecule has 1 aromatic rings. The number of aromatic nitrogens is 2. The van der Waals surface area contributed by atoms with Gasteiger partial charge in [-0.2, -0.15) is 10.4 Å². The van der Waals surface area contributed by atoms with Crippen molar-refractivity contribution in [3.63, 3.8) is 0 Å². The van der Waals surface area contributed by atoms with E-state index in [2.05, 4.69) is 5.10 Å². The summed E-state index contributed by atoms with van der Waals surface area (Å²) in [7, 11) is 1.84. The van der Waals surface area contributed by atoms with E-state index in [1.807, 2.05) is 27.0 Å². The average Bonchev–Trinajstić information content (AvgIpc) is 2.51. The highest BCUT2D eigenvalue weighted by Gasteiger charge is 2.08. The van der Waals surface area contributed by atoms with E-state index in [9.17, 15) is 4.79 Å². The summed E-state index contributed by atoms with van der Waals surface area (Å²) in [6.45, 7) is 5.31. The second kappa shape index (κ2) is 5.30. The third-order valence-electron chi connectivity index (χ3n) is 2.43. The molecule has 0 saturated heterocycles. The Kier molecular flexibility index (Phi) is 4.05. The fourth-order valence-electron chi connectivity index (χ4n) is 1.42. The van der Waals surface area contributed by atoms with E-state index in [1.165, 1.54) is 13.0 Å². The van der Waals surface area contributed by atoms with Crippen LogP contribution in [0.5, 0.6) is 0 Å². The van der Waals surface area contributed by atoms with Crippen molar-refractivity contribution in [2.24, 2.45) is 7.05 Å². The van der Waals surface area contributed by atoms with Gasteiger partial charge in [0.25, 0.3) is 0 Å². The molecule has 1 aromatic heterocycles. The number of aryl methyl sites for hydroxylation is 2. The Morgan fingerprint density at radius 3 is 2.71 bits per heavy atom. The molecule has 90 valence electrons. The molecule has 0 N–H and O–H groups in total. The Morgan fingerprint density at radius 2 is 2.24 bits per heavy atom. The van der Waals surface area contributed by atoms with E-state index >= 15 is 0 Å². The van der Waals surface area contributed by atoms with Gasteiger partial charge in [0.05, 0.1) is 5.69 Å². The van der Waals surface area contributed by atoms with Gasteiger partial charge in [-0.15, -0.1) is 0 Å². The van der Waals surface area contributed by atoms with Gasteiger partial charge in [0, 0.05) is 24.4 Å². The van der Waals surface area contributed by atoms with Gasteiger partial charge in [0.2, 0.25) is 0 Å². The van der Waals surface area contributed by atoms with Crippen LogP contribution in [0.1, 0.15) is 23.9 Å². The van der Waals surface area contributed by atoms with E-state index in [4.69, 9.17) is 10.00 Å². The van der Waals surface area contributed by atoms with Gasteiger partial charge in [-0.05, 0) is 26.8 Å². The number of nitriles is 1. The fraction of sp³-hybridized carbons (Fsp3) is 0.417. The highest BCUT2D eigenvalue weighted by atomic mass is 16.5. The Hall–Kier alpha value is -2.09. The molecule has 1 atom stereocenters. The van der Waals surface area contributed by atoms with Crippen LogP contribution in [-0.4, -0.2) is 21.9 Å². The third kappa shape index (κ3) is 3.18. The van der Waals surface area contributed by atoms with Gasteiger partial charge >= 0.3 is 5.97 Å². The van der Waals surface area contributed by atoms with Crippen LogP contribution in [0, 0.1) is 25.2 Å². The second-order valence-corrected chi connectivity index (χ2v) is 3.75. The summed E-state index contributed by atoms with van der Waals surface area (Å²) in [5.74, 6) is -0.526. The molecule has 0 aliphatic rings. The van der Waals surface area contributed by atoms with Crippen molar-refractivity contribution in [3.05, 3.63) is 23.0 Å². The predicted octanol–water partition coefficient (Wildman–Crippen LogP) is 1.51. The molecule has 0 fully saturated rings. The molecule has 5 nitrogen and oxygen atoms in total. The number of ether oxygens (including phenoxy) is 1. The summed E-state index contributed by atoms with van der Waals surface area (Å²) < 4.78 is 6.54. The average molecular weight is 233 g/mol. The summed E-state index contributed by atoms with van der Waals surface area (Å²) >= 11 is 0. The number of carbonyl (C=O) groups is 1. The number of carbonyl (C=O) groups excluding carboxylic acids is 1. The van der Waals surface area contributed by atoms with Crippen molar-refractivity contribution < 1.29 is 9.53 Å². The highest BCUT2D eigenvalue weighted by Crippen LogP contribution is 2.13. The van der Waals surface area contributed by atoms with Crippen molar-refractivity contribution in [2.45, 2.75) is 26.9 Å². The van der Waals surface area contributed by atoms with E-state index in [-0.39, 0.29) is 0 Å². The highest BCUT2D eigenvalue weighted by molar-refractivity contribution is 5.87. The molecule has 0 unspecified atom stereocenters. The maximum absolute atomic E-state index is 11.3. The lowest BCUT2D eigenvalue weighted by Gasteiger charge is -2.01. The fourth-order valence-corrected chi connectivity index (χ4v) is 1.42. The molecule has 0 saturated carbocycles. The van der Waals surface area contributed by atoms with Gasteiger partial charge in [0.15, 0.2) is 6.10 Å². The normalized spacial score (nSPS) is 12.4. The largest absolute Gasteiger partial charge is 0.444 e. The van der Waals surface area contributed by atoms with Crippen LogP contribution in [0.3, 0.4) is 0 Å². The maximum Gasteiger partial charge on any atom is 0.332 e. The summed E-state index contributed by atoms with van der Waals surface area (Å²) in [6.07, 6.45) is 2.23. The summed E-state index contributed by atoms with van der Waals surface area (Å²) in [4.78, 5) is 11.3. The molecule has 17 heavy (non-hydrogen) atoms.